The Labute approximate surface area is 125 Å². The summed E-state index contributed by atoms with van der Waals surface area (Å²) < 4.78 is 0. The zero-order valence-electron chi connectivity index (χ0n) is 12.8. The zero-order chi connectivity index (χ0) is 14.8. The number of anilines is 2. The van der Waals surface area contributed by atoms with Crippen LogP contribution in [0, 0.1) is 6.92 Å². The summed E-state index contributed by atoms with van der Waals surface area (Å²) in [6.07, 6.45) is 4.57. The average molecular weight is 289 g/mol. The lowest BCUT2D eigenvalue weighted by Crippen LogP contribution is -2.33. The highest BCUT2D eigenvalue weighted by atomic mass is 16.2. The van der Waals surface area contributed by atoms with Crippen molar-refractivity contribution in [3.05, 3.63) is 11.4 Å². The van der Waals surface area contributed by atoms with Gasteiger partial charge >= 0.3 is 0 Å². The van der Waals surface area contributed by atoms with Crippen LogP contribution in [0.1, 0.15) is 43.0 Å². The fourth-order valence-corrected chi connectivity index (χ4v) is 2.71. The maximum absolute atomic E-state index is 12.1. The Balaban J connectivity index is 1.71. The molecule has 0 bridgehead atoms. The van der Waals surface area contributed by atoms with Crippen LogP contribution in [0.4, 0.5) is 11.6 Å². The molecule has 0 spiro atoms. The van der Waals surface area contributed by atoms with Crippen LogP contribution >= 0.6 is 0 Å². The van der Waals surface area contributed by atoms with Crippen LogP contribution < -0.4 is 10.6 Å². The van der Waals surface area contributed by atoms with E-state index in [2.05, 4.69) is 20.6 Å². The topological polar surface area (TPSA) is 70.1 Å². The molecule has 2 heterocycles. The molecule has 2 fully saturated rings. The summed E-state index contributed by atoms with van der Waals surface area (Å²) in [4.78, 5) is 23.2. The maximum atomic E-state index is 12.1. The molecule has 1 aromatic rings. The van der Waals surface area contributed by atoms with Gasteiger partial charge in [0.1, 0.15) is 17.5 Å². The number of aromatic nitrogens is 2. The van der Waals surface area contributed by atoms with Gasteiger partial charge in [-0.2, -0.15) is 0 Å². The van der Waals surface area contributed by atoms with E-state index in [1.54, 1.807) is 0 Å². The first-order chi connectivity index (χ1) is 10.2. The van der Waals surface area contributed by atoms with Gasteiger partial charge in [-0.1, -0.05) is 0 Å². The van der Waals surface area contributed by atoms with Gasteiger partial charge in [0.15, 0.2) is 0 Å². The monoisotopic (exact) mass is 289 g/mol. The van der Waals surface area contributed by atoms with Crippen LogP contribution in [-0.4, -0.2) is 47.5 Å². The van der Waals surface area contributed by atoms with Gasteiger partial charge in [-0.15, -0.1) is 0 Å². The van der Waals surface area contributed by atoms with E-state index in [0.717, 1.165) is 49.0 Å². The first-order valence-corrected chi connectivity index (χ1v) is 7.77. The molecule has 1 aromatic heterocycles. The standard InChI is InChI=1S/C15H23N5O/c1-10-13(16-2)18-15(11-5-6-11)19-14(10)17-9-12(21)20-7-3-4-8-20/h11H,3-9H2,1-2H3,(H2,16,17,18,19). The summed E-state index contributed by atoms with van der Waals surface area (Å²) >= 11 is 0. The van der Waals surface area contributed by atoms with Gasteiger partial charge < -0.3 is 15.5 Å². The molecule has 0 aromatic carbocycles. The van der Waals surface area contributed by atoms with Crippen LogP contribution in [0.5, 0.6) is 0 Å². The van der Waals surface area contributed by atoms with Crippen molar-refractivity contribution in [3.63, 3.8) is 0 Å². The molecule has 1 aliphatic heterocycles. The normalized spacial score (nSPS) is 17.9. The molecular weight excluding hydrogens is 266 g/mol. The third-order valence-corrected chi connectivity index (χ3v) is 4.21. The lowest BCUT2D eigenvalue weighted by atomic mass is 10.2. The van der Waals surface area contributed by atoms with Crippen LogP contribution in [0.15, 0.2) is 0 Å². The number of carbonyl (C=O) groups is 1. The summed E-state index contributed by atoms with van der Waals surface area (Å²) in [6.45, 7) is 4.06. The number of rotatable bonds is 5. The van der Waals surface area contributed by atoms with Crippen LogP contribution in [-0.2, 0) is 4.79 Å². The first kappa shape index (κ1) is 14.1. The van der Waals surface area contributed by atoms with Gasteiger partial charge in [-0.3, -0.25) is 4.79 Å². The van der Waals surface area contributed by atoms with Crippen molar-refractivity contribution in [1.29, 1.82) is 0 Å². The molecular formula is C15H23N5O. The fraction of sp³-hybridized carbons (Fsp3) is 0.667. The molecule has 1 saturated carbocycles. The first-order valence-electron chi connectivity index (χ1n) is 7.77. The second-order valence-corrected chi connectivity index (χ2v) is 5.87. The Morgan fingerprint density at radius 1 is 1.24 bits per heavy atom. The van der Waals surface area contributed by atoms with E-state index in [-0.39, 0.29) is 5.91 Å². The molecule has 6 heteroatoms. The Morgan fingerprint density at radius 3 is 2.52 bits per heavy atom. The van der Waals surface area contributed by atoms with Gasteiger partial charge in [0.05, 0.1) is 6.54 Å². The molecule has 0 unspecified atom stereocenters. The third-order valence-electron chi connectivity index (χ3n) is 4.21. The van der Waals surface area contributed by atoms with E-state index in [9.17, 15) is 4.79 Å². The van der Waals surface area contributed by atoms with Gasteiger partial charge in [0.25, 0.3) is 0 Å². The number of nitrogens with one attached hydrogen (secondary N) is 2. The third kappa shape index (κ3) is 3.09. The summed E-state index contributed by atoms with van der Waals surface area (Å²) in [6, 6.07) is 0. The molecule has 2 N–H and O–H groups in total. The van der Waals surface area contributed by atoms with Crippen molar-refractivity contribution in [1.82, 2.24) is 14.9 Å². The Kier molecular flexibility index (Phi) is 3.94. The van der Waals surface area contributed by atoms with E-state index in [1.165, 1.54) is 12.8 Å². The summed E-state index contributed by atoms with van der Waals surface area (Å²) in [7, 11) is 1.87. The minimum absolute atomic E-state index is 0.157. The van der Waals surface area contributed by atoms with E-state index >= 15 is 0 Å². The molecule has 0 radical (unpaired) electrons. The van der Waals surface area contributed by atoms with E-state index in [4.69, 9.17) is 0 Å². The van der Waals surface area contributed by atoms with Gasteiger partial charge in [-0.25, -0.2) is 9.97 Å². The van der Waals surface area contributed by atoms with E-state index < -0.39 is 0 Å². The van der Waals surface area contributed by atoms with E-state index in [1.807, 2.05) is 18.9 Å². The largest absolute Gasteiger partial charge is 0.373 e. The minimum atomic E-state index is 0.157. The SMILES string of the molecule is CNc1nc(C2CC2)nc(NCC(=O)N2CCCC2)c1C. The Hall–Kier alpha value is -1.85. The van der Waals surface area contributed by atoms with Gasteiger partial charge in [0, 0.05) is 31.6 Å². The van der Waals surface area contributed by atoms with Crippen molar-refractivity contribution in [3.8, 4) is 0 Å². The summed E-state index contributed by atoms with van der Waals surface area (Å²) in [5, 5.41) is 6.32. The highest BCUT2D eigenvalue weighted by Crippen LogP contribution is 2.39. The quantitative estimate of drug-likeness (QED) is 0.864. The predicted octanol–water partition coefficient (Wildman–Crippen LogP) is 1.74. The number of likely N-dealkylation sites (tertiary alicyclic amines) is 1. The number of nitrogens with zero attached hydrogens (tertiary/aromatic N) is 3. The molecule has 1 amide bonds. The zero-order valence-corrected chi connectivity index (χ0v) is 12.8. The summed E-state index contributed by atoms with van der Waals surface area (Å²) in [5.74, 6) is 3.17. The molecule has 114 valence electrons. The average Bonchev–Trinajstić information content (AvgIpc) is 3.20. The van der Waals surface area contributed by atoms with Crippen molar-refractivity contribution in [2.45, 2.75) is 38.5 Å². The summed E-state index contributed by atoms with van der Waals surface area (Å²) in [5.41, 5.74) is 0.969. The van der Waals surface area contributed by atoms with Crippen molar-refractivity contribution < 1.29 is 4.79 Å². The second kappa shape index (κ2) is 5.87. The molecule has 1 aliphatic carbocycles. The highest BCUT2D eigenvalue weighted by molar-refractivity contribution is 5.81. The lowest BCUT2D eigenvalue weighted by Gasteiger charge is -2.17. The predicted molar refractivity (Wildman–Crippen MR) is 82.6 cm³/mol. The van der Waals surface area contributed by atoms with Crippen molar-refractivity contribution in [2.24, 2.45) is 0 Å². The van der Waals surface area contributed by atoms with Crippen LogP contribution in [0.2, 0.25) is 0 Å². The molecule has 21 heavy (non-hydrogen) atoms. The van der Waals surface area contributed by atoms with Crippen molar-refractivity contribution in [2.75, 3.05) is 37.3 Å². The van der Waals surface area contributed by atoms with Crippen LogP contribution in [0.25, 0.3) is 0 Å². The fourth-order valence-electron chi connectivity index (χ4n) is 2.71. The maximum Gasteiger partial charge on any atom is 0.241 e. The second-order valence-electron chi connectivity index (χ2n) is 5.87. The number of hydrogen-bond donors (Lipinski definition) is 2. The highest BCUT2D eigenvalue weighted by Gasteiger charge is 2.28. The number of amides is 1. The van der Waals surface area contributed by atoms with Crippen LogP contribution in [0.3, 0.4) is 0 Å². The molecule has 3 rings (SSSR count). The van der Waals surface area contributed by atoms with Gasteiger partial charge in [0.2, 0.25) is 5.91 Å². The lowest BCUT2D eigenvalue weighted by molar-refractivity contribution is -0.128. The minimum Gasteiger partial charge on any atom is -0.373 e. The number of carbonyl (C=O) groups excluding carboxylic acids is 1. The number of hydrogen-bond acceptors (Lipinski definition) is 5. The Morgan fingerprint density at radius 2 is 1.90 bits per heavy atom. The molecule has 0 atom stereocenters. The van der Waals surface area contributed by atoms with Crippen molar-refractivity contribution >= 4 is 17.5 Å². The van der Waals surface area contributed by atoms with E-state index in [0.29, 0.717) is 12.5 Å². The van der Waals surface area contributed by atoms with Gasteiger partial charge in [-0.05, 0) is 32.6 Å². The Bertz CT molecular complexity index is 535. The molecule has 6 nitrogen and oxygen atoms in total. The molecule has 1 saturated heterocycles. The smallest absolute Gasteiger partial charge is 0.241 e. The molecule has 2 aliphatic rings.